The molecule has 1 fully saturated rings. The second kappa shape index (κ2) is 11.1. The number of carboxylic acids is 2. The summed E-state index contributed by atoms with van der Waals surface area (Å²) in [5, 5.41) is 28.1. The maximum Gasteiger partial charge on any atom is 0.414 e. The third-order valence-electron chi connectivity index (χ3n) is 5.68. The molecule has 2 heterocycles. The Balaban J connectivity index is 0.000000454. The Hall–Kier alpha value is -3.20. The van der Waals surface area contributed by atoms with Crippen LogP contribution in [0.15, 0.2) is 60.7 Å². The van der Waals surface area contributed by atoms with Gasteiger partial charge >= 0.3 is 11.9 Å². The molecule has 0 aliphatic carbocycles. The number of nitrogens with zero attached hydrogens (tertiary/aromatic N) is 3. The molecular weight excluding hydrogens is 422 g/mol. The molecule has 33 heavy (non-hydrogen) atoms. The molecule has 0 saturated carbocycles. The third kappa shape index (κ3) is 6.41. The molecule has 8 nitrogen and oxygen atoms in total. The number of carbonyl (C=O) groups is 2. The Kier molecular flexibility index (Phi) is 8.21. The first kappa shape index (κ1) is 24.4. The van der Waals surface area contributed by atoms with Gasteiger partial charge in [-0.1, -0.05) is 48.6 Å². The summed E-state index contributed by atoms with van der Waals surface area (Å²) in [7, 11) is 0. The van der Waals surface area contributed by atoms with E-state index in [1.54, 1.807) is 0 Å². The lowest BCUT2D eigenvalue weighted by molar-refractivity contribution is -0.159. The molecule has 1 atom stereocenters. The molecule has 1 aromatic heterocycles. The summed E-state index contributed by atoms with van der Waals surface area (Å²) in [5.41, 5.74) is 3.61. The first-order valence-corrected chi connectivity index (χ1v) is 11.0. The fraction of sp³-hybridized carbons (Fsp3) is 0.360. The molecule has 176 valence electrons. The van der Waals surface area contributed by atoms with Gasteiger partial charge < -0.3 is 19.9 Å². The van der Waals surface area contributed by atoms with Crippen LogP contribution in [0.4, 0.5) is 0 Å². The first-order chi connectivity index (χ1) is 15.8. The van der Waals surface area contributed by atoms with Crippen molar-refractivity contribution in [2.75, 3.05) is 39.3 Å². The number of benzene rings is 2. The highest BCUT2D eigenvalue weighted by Crippen LogP contribution is 2.28. The number of hydrogen-bond acceptors (Lipinski definition) is 5. The van der Waals surface area contributed by atoms with Crippen molar-refractivity contribution in [2.24, 2.45) is 0 Å². The van der Waals surface area contributed by atoms with Crippen molar-refractivity contribution in [2.45, 2.75) is 19.6 Å². The number of carboxylic acid groups (broad SMARTS) is 2. The van der Waals surface area contributed by atoms with Crippen molar-refractivity contribution in [1.29, 1.82) is 0 Å². The van der Waals surface area contributed by atoms with E-state index in [0.29, 0.717) is 6.54 Å². The van der Waals surface area contributed by atoms with Crippen molar-refractivity contribution < 1.29 is 24.9 Å². The van der Waals surface area contributed by atoms with Crippen molar-refractivity contribution in [1.82, 2.24) is 14.4 Å². The highest BCUT2D eigenvalue weighted by atomic mass is 16.4. The number of aliphatic carboxylic acids is 2. The molecule has 0 spiro atoms. The summed E-state index contributed by atoms with van der Waals surface area (Å²) < 4.78 is 2.27. The molecule has 1 saturated heterocycles. The predicted octanol–water partition coefficient (Wildman–Crippen LogP) is 2.50. The van der Waals surface area contributed by atoms with Crippen molar-refractivity contribution in [3.05, 3.63) is 60.7 Å². The monoisotopic (exact) mass is 453 g/mol. The van der Waals surface area contributed by atoms with E-state index in [1.807, 2.05) is 0 Å². The van der Waals surface area contributed by atoms with Crippen LogP contribution in [0.1, 0.15) is 6.92 Å². The molecule has 0 bridgehead atoms. The summed E-state index contributed by atoms with van der Waals surface area (Å²) in [4.78, 5) is 23.0. The molecule has 2 aromatic carbocycles. The third-order valence-corrected chi connectivity index (χ3v) is 5.68. The van der Waals surface area contributed by atoms with Gasteiger partial charge in [-0.15, -0.1) is 0 Å². The zero-order valence-corrected chi connectivity index (χ0v) is 18.9. The van der Waals surface area contributed by atoms with Gasteiger partial charge in [-0.05, 0) is 19.1 Å². The van der Waals surface area contributed by atoms with Gasteiger partial charge in [0.25, 0.3) is 0 Å². The second-order valence-corrected chi connectivity index (χ2v) is 8.44. The number of rotatable bonds is 6. The number of fused-ring (bicyclic) bond motifs is 3. The maximum absolute atomic E-state index is 10.8. The predicted molar refractivity (Wildman–Crippen MR) is 128 cm³/mol. The van der Waals surface area contributed by atoms with Gasteiger partial charge in [-0.3, -0.25) is 9.80 Å². The van der Waals surface area contributed by atoms with E-state index in [-0.39, 0.29) is 6.10 Å². The van der Waals surface area contributed by atoms with Crippen molar-refractivity contribution >= 4 is 33.7 Å². The highest BCUT2D eigenvalue weighted by molar-refractivity contribution is 6.27. The Morgan fingerprint density at radius 2 is 1.30 bits per heavy atom. The molecule has 8 heteroatoms. The topological polar surface area (TPSA) is 106 Å². The summed E-state index contributed by atoms with van der Waals surface area (Å²) >= 11 is 0. The summed E-state index contributed by atoms with van der Waals surface area (Å²) in [6, 6.07) is 17.0. The highest BCUT2D eigenvalue weighted by Gasteiger charge is 2.20. The fourth-order valence-corrected chi connectivity index (χ4v) is 4.28. The maximum atomic E-state index is 10.8. The number of aromatic nitrogens is 1. The summed E-state index contributed by atoms with van der Waals surface area (Å²) in [6.07, 6.45) is -0.378. The molecule has 4 rings (SSSR count). The fourth-order valence-electron chi connectivity index (χ4n) is 4.28. The van der Waals surface area contributed by atoms with Crippen LogP contribution in [0.5, 0.6) is 0 Å². The Morgan fingerprint density at radius 3 is 1.76 bits per heavy atom. The van der Waals surface area contributed by atoms with E-state index in [1.165, 1.54) is 27.4 Å². The quantitative estimate of drug-likeness (QED) is 0.389. The number of hydrogen-bond donors (Lipinski definition) is 3. The Labute approximate surface area is 192 Å². The van der Waals surface area contributed by atoms with E-state index in [0.717, 1.165) is 39.3 Å². The molecule has 0 amide bonds. The number of piperazine rings is 1. The van der Waals surface area contributed by atoms with Crippen LogP contribution in [0.2, 0.25) is 0 Å². The lowest BCUT2D eigenvalue weighted by atomic mass is 10.2. The average Bonchev–Trinajstić information content (AvgIpc) is 3.09. The van der Waals surface area contributed by atoms with Crippen LogP contribution in [0.3, 0.4) is 0 Å². The van der Waals surface area contributed by atoms with Crippen LogP contribution in [0.25, 0.3) is 21.8 Å². The van der Waals surface area contributed by atoms with Gasteiger partial charge in [0.05, 0.1) is 12.6 Å². The lowest BCUT2D eigenvalue weighted by Crippen LogP contribution is -2.49. The number of aliphatic hydroxyl groups is 1. The minimum Gasteiger partial charge on any atom is -0.473 e. The minimum absolute atomic E-state index is 0.378. The molecule has 1 aliphatic heterocycles. The molecule has 1 aliphatic rings. The largest absolute Gasteiger partial charge is 0.473 e. The average molecular weight is 454 g/mol. The second-order valence-electron chi connectivity index (χ2n) is 8.44. The van der Waals surface area contributed by atoms with E-state index in [2.05, 4.69) is 76.4 Å². The minimum atomic E-state index is -1.82. The first-order valence-electron chi connectivity index (χ1n) is 11.0. The van der Waals surface area contributed by atoms with Crippen molar-refractivity contribution in [3.63, 3.8) is 0 Å². The van der Waals surface area contributed by atoms with Crippen molar-refractivity contribution in [3.8, 4) is 0 Å². The van der Waals surface area contributed by atoms with Crippen LogP contribution in [-0.4, -0.2) is 87.0 Å². The summed E-state index contributed by atoms with van der Waals surface area (Å²) in [5.74, 6) is -3.65. The Morgan fingerprint density at radius 1 is 0.848 bits per heavy atom. The number of para-hydroxylation sites is 2. The summed E-state index contributed by atoms with van der Waals surface area (Å²) in [6.45, 7) is 12.6. The Bertz CT molecular complexity index is 1070. The van der Waals surface area contributed by atoms with E-state index >= 15 is 0 Å². The van der Waals surface area contributed by atoms with Crippen LogP contribution >= 0.6 is 0 Å². The zero-order valence-electron chi connectivity index (χ0n) is 18.9. The zero-order chi connectivity index (χ0) is 24.0. The standard InChI is InChI=1S/C23H29N3O.C2H2O4/c1-18(2)15-24-11-13-25(14-12-24)16-19(27)17-26-22-9-5-3-7-20(22)21-8-4-6-10-23(21)26;3-1(4)2(5)6/h3-10,19,27H,1,11-17H2,2H3;(H,3,4)(H,5,6). The molecule has 3 aromatic rings. The van der Waals surface area contributed by atoms with E-state index in [4.69, 9.17) is 19.8 Å². The molecule has 3 N–H and O–H groups in total. The number of aliphatic hydroxyl groups excluding tert-OH is 1. The van der Waals surface area contributed by atoms with Gasteiger partial charge in [-0.25, -0.2) is 9.59 Å². The van der Waals surface area contributed by atoms with Gasteiger partial charge in [0.1, 0.15) is 0 Å². The van der Waals surface area contributed by atoms with E-state index < -0.39 is 11.9 Å². The van der Waals surface area contributed by atoms with Gasteiger partial charge in [-0.2, -0.15) is 0 Å². The van der Waals surface area contributed by atoms with Crippen LogP contribution in [0, 0.1) is 0 Å². The normalized spacial score (nSPS) is 15.7. The van der Waals surface area contributed by atoms with Gasteiger partial charge in [0.2, 0.25) is 0 Å². The van der Waals surface area contributed by atoms with Gasteiger partial charge in [0.15, 0.2) is 0 Å². The molecular formula is C25H31N3O5. The molecule has 0 radical (unpaired) electrons. The van der Waals surface area contributed by atoms with E-state index in [9.17, 15) is 5.11 Å². The number of β-amino-alcohol motifs (C(OH)–C–C–N with tert-alkyl or cyclic N) is 1. The van der Waals surface area contributed by atoms with Crippen LogP contribution in [-0.2, 0) is 16.1 Å². The SMILES string of the molecule is C=C(C)CN1CCN(CC(O)Cn2c3ccccc3c3ccccc32)CC1.O=C(O)C(=O)O. The lowest BCUT2D eigenvalue weighted by Gasteiger charge is -2.35. The van der Waals surface area contributed by atoms with Gasteiger partial charge in [0, 0.05) is 61.1 Å². The van der Waals surface area contributed by atoms with Crippen LogP contribution < -0.4 is 0 Å². The molecule has 1 unspecified atom stereocenters. The smallest absolute Gasteiger partial charge is 0.414 e.